The summed E-state index contributed by atoms with van der Waals surface area (Å²) in [6.07, 6.45) is 2.62. The smallest absolute Gasteiger partial charge is 0.229 e. The summed E-state index contributed by atoms with van der Waals surface area (Å²) in [6, 6.07) is 4.70. The summed E-state index contributed by atoms with van der Waals surface area (Å²) in [5, 5.41) is 10.1. The molecule has 0 unspecified atom stereocenters. The number of hydrogen-bond donors (Lipinski definition) is 3. The molecule has 0 atom stereocenters. The van der Waals surface area contributed by atoms with E-state index in [1.807, 2.05) is 0 Å². The van der Waals surface area contributed by atoms with Crippen LogP contribution in [0, 0.1) is 5.82 Å². The molecular weight excluding hydrogens is 359 g/mol. The minimum Gasteiger partial charge on any atom is -0.369 e. The summed E-state index contributed by atoms with van der Waals surface area (Å²) in [7, 11) is 0. The van der Waals surface area contributed by atoms with Gasteiger partial charge in [-0.05, 0) is 38.1 Å². The maximum absolute atomic E-state index is 14.3. The summed E-state index contributed by atoms with van der Waals surface area (Å²) in [4.78, 5) is 21.1. The maximum atomic E-state index is 14.3. The van der Waals surface area contributed by atoms with Crippen molar-refractivity contribution in [3.63, 3.8) is 0 Å². The Balaban J connectivity index is 1.83. The molecule has 1 aromatic carbocycles. The first kappa shape index (κ1) is 16.9. The number of nitrogens with zero attached hydrogens (tertiary/aromatic N) is 3. The van der Waals surface area contributed by atoms with Gasteiger partial charge in [-0.3, -0.25) is 9.89 Å². The number of benzene rings is 1. The maximum Gasteiger partial charge on any atom is 0.229 e. The average molecular weight is 375 g/mol. The normalized spacial score (nSPS) is 16.7. The number of primary amides is 1. The molecule has 134 valence electrons. The number of amides is 1. The molecule has 4 N–H and O–H groups in total. The van der Waals surface area contributed by atoms with Gasteiger partial charge in [0.1, 0.15) is 5.52 Å². The summed E-state index contributed by atoms with van der Waals surface area (Å²) >= 11 is 5.86. The van der Waals surface area contributed by atoms with E-state index < -0.39 is 17.1 Å². The quantitative estimate of drug-likeness (QED) is 0.648. The lowest BCUT2D eigenvalue weighted by atomic mass is 9.75. The molecule has 1 saturated heterocycles. The summed E-state index contributed by atoms with van der Waals surface area (Å²) in [5.74, 6) is -0.984. The van der Waals surface area contributed by atoms with Gasteiger partial charge in [0.25, 0.3) is 0 Å². The summed E-state index contributed by atoms with van der Waals surface area (Å²) < 4.78 is 14.3. The van der Waals surface area contributed by atoms with Crippen molar-refractivity contribution in [3.8, 4) is 11.3 Å². The van der Waals surface area contributed by atoms with Gasteiger partial charge in [-0.25, -0.2) is 14.4 Å². The summed E-state index contributed by atoms with van der Waals surface area (Å²) in [5.41, 5.74) is 6.66. The number of hydrogen-bond acceptors (Lipinski definition) is 5. The first-order chi connectivity index (χ1) is 12.5. The van der Waals surface area contributed by atoms with Gasteiger partial charge < -0.3 is 11.1 Å². The second-order valence-corrected chi connectivity index (χ2v) is 6.73. The van der Waals surface area contributed by atoms with Crippen LogP contribution in [0.5, 0.6) is 0 Å². The molecule has 1 amide bonds. The molecule has 26 heavy (non-hydrogen) atoms. The molecule has 0 radical (unpaired) electrons. The lowest BCUT2D eigenvalue weighted by Crippen LogP contribution is -2.49. The molecule has 0 bridgehead atoms. The number of halogens is 2. The molecule has 0 saturated carbocycles. The minimum atomic E-state index is -0.868. The van der Waals surface area contributed by atoms with Crippen LogP contribution in [0.15, 0.2) is 24.4 Å². The zero-order valence-corrected chi connectivity index (χ0v) is 14.5. The SMILES string of the molecule is NC(=O)C1(c2cnc3c(-c4cccc(Cl)c4F)[nH]nc3n2)CCNCC1. The fraction of sp³-hybridized carbons (Fsp3) is 0.294. The predicted octanol–water partition coefficient (Wildman–Crippen LogP) is 1.92. The van der Waals surface area contributed by atoms with Gasteiger partial charge >= 0.3 is 0 Å². The van der Waals surface area contributed by atoms with E-state index >= 15 is 0 Å². The Labute approximate surface area is 153 Å². The molecule has 9 heteroatoms. The van der Waals surface area contributed by atoms with Crippen LogP contribution in [0.1, 0.15) is 18.5 Å². The third-order valence-corrected chi connectivity index (χ3v) is 5.20. The van der Waals surface area contributed by atoms with Gasteiger partial charge in [0.05, 0.1) is 28.0 Å². The molecule has 1 aliphatic heterocycles. The van der Waals surface area contributed by atoms with E-state index in [0.29, 0.717) is 48.5 Å². The van der Waals surface area contributed by atoms with Gasteiger partial charge in [-0.15, -0.1) is 0 Å². The Bertz CT molecular complexity index is 998. The Kier molecular flexibility index (Phi) is 4.08. The van der Waals surface area contributed by atoms with Crippen molar-refractivity contribution >= 4 is 28.7 Å². The molecule has 1 fully saturated rings. The topological polar surface area (TPSA) is 110 Å². The van der Waals surface area contributed by atoms with Crippen molar-refractivity contribution in [2.45, 2.75) is 18.3 Å². The van der Waals surface area contributed by atoms with Gasteiger partial charge in [-0.2, -0.15) is 5.10 Å². The first-order valence-corrected chi connectivity index (χ1v) is 8.57. The number of carbonyl (C=O) groups excluding carboxylic acids is 1. The molecule has 3 heterocycles. The van der Waals surface area contributed by atoms with Gasteiger partial charge in [-0.1, -0.05) is 17.7 Å². The van der Waals surface area contributed by atoms with Crippen LogP contribution < -0.4 is 11.1 Å². The van der Waals surface area contributed by atoms with Gasteiger partial charge in [0, 0.05) is 5.56 Å². The second-order valence-electron chi connectivity index (χ2n) is 6.32. The molecule has 0 aliphatic carbocycles. The Morgan fingerprint density at radius 3 is 2.81 bits per heavy atom. The number of aromatic amines is 1. The molecule has 2 aromatic heterocycles. The van der Waals surface area contributed by atoms with Gasteiger partial charge in [0.15, 0.2) is 5.82 Å². The van der Waals surface area contributed by atoms with Crippen molar-refractivity contribution in [2.75, 3.05) is 13.1 Å². The van der Waals surface area contributed by atoms with E-state index in [2.05, 4.69) is 25.5 Å². The van der Waals surface area contributed by atoms with Crippen LogP contribution in [0.3, 0.4) is 0 Å². The number of nitrogens with one attached hydrogen (secondary N) is 2. The third-order valence-electron chi connectivity index (χ3n) is 4.90. The minimum absolute atomic E-state index is 0.0113. The largest absolute Gasteiger partial charge is 0.369 e. The molecule has 1 aliphatic rings. The Morgan fingerprint density at radius 1 is 1.31 bits per heavy atom. The highest BCUT2D eigenvalue weighted by atomic mass is 35.5. The molecule has 0 spiro atoms. The lowest BCUT2D eigenvalue weighted by molar-refractivity contribution is -0.124. The van der Waals surface area contributed by atoms with E-state index in [-0.39, 0.29) is 10.6 Å². The van der Waals surface area contributed by atoms with Crippen LogP contribution in [-0.2, 0) is 10.2 Å². The first-order valence-electron chi connectivity index (χ1n) is 8.19. The Morgan fingerprint density at radius 2 is 2.08 bits per heavy atom. The highest BCUT2D eigenvalue weighted by molar-refractivity contribution is 6.31. The predicted molar refractivity (Wildman–Crippen MR) is 95.1 cm³/mol. The van der Waals surface area contributed by atoms with E-state index in [1.165, 1.54) is 12.3 Å². The average Bonchev–Trinajstić information content (AvgIpc) is 3.07. The fourth-order valence-electron chi connectivity index (χ4n) is 3.39. The van der Waals surface area contributed by atoms with Crippen molar-refractivity contribution in [2.24, 2.45) is 5.73 Å². The van der Waals surface area contributed by atoms with Gasteiger partial charge in [0.2, 0.25) is 11.6 Å². The van der Waals surface area contributed by atoms with Crippen LogP contribution in [-0.4, -0.2) is 39.2 Å². The van der Waals surface area contributed by atoms with E-state index in [4.69, 9.17) is 17.3 Å². The van der Waals surface area contributed by atoms with Crippen LogP contribution >= 0.6 is 11.6 Å². The zero-order chi connectivity index (χ0) is 18.3. The van der Waals surface area contributed by atoms with Crippen LogP contribution in [0.4, 0.5) is 4.39 Å². The number of piperidine rings is 1. The molecule has 4 rings (SSSR count). The molecular formula is C17H16ClFN6O. The zero-order valence-electron chi connectivity index (χ0n) is 13.7. The lowest BCUT2D eigenvalue weighted by Gasteiger charge is -2.33. The number of H-pyrrole nitrogens is 1. The van der Waals surface area contributed by atoms with E-state index in [9.17, 15) is 9.18 Å². The fourth-order valence-corrected chi connectivity index (χ4v) is 3.57. The number of fused-ring (bicyclic) bond motifs is 1. The third kappa shape index (κ3) is 2.53. The highest BCUT2D eigenvalue weighted by Crippen LogP contribution is 2.34. The van der Waals surface area contributed by atoms with Crippen LogP contribution in [0.2, 0.25) is 5.02 Å². The van der Waals surface area contributed by atoms with Crippen molar-refractivity contribution < 1.29 is 9.18 Å². The van der Waals surface area contributed by atoms with Crippen LogP contribution in [0.25, 0.3) is 22.4 Å². The van der Waals surface area contributed by atoms with E-state index in [0.717, 1.165) is 0 Å². The van der Waals surface area contributed by atoms with Crippen molar-refractivity contribution in [1.29, 1.82) is 0 Å². The standard InChI is InChI=1S/C17H16ClFN6O/c18-10-3-1-2-9(12(10)19)13-14-15(25-24-13)23-11(8-22-14)17(16(20)26)4-6-21-7-5-17/h1-3,8,21H,4-7H2,(H2,20,26)(H,23,24,25). The number of aromatic nitrogens is 4. The highest BCUT2D eigenvalue weighted by Gasteiger charge is 2.41. The number of rotatable bonds is 3. The van der Waals surface area contributed by atoms with Crippen molar-refractivity contribution in [1.82, 2.24) is 25.5 Å². The van der Waals surface area contributed by atoms with E-state index in [1.54, 1.807) is 12.1 Å². The van der Waals surface area contributed by atoms with Crippen molar-refractivity contribution in [3.05, 3.63) is 40.9 Å². The number of carbonyl (C=O) groups is 1. The summed E-state index contributed by atoms with van der Waals surface area (Å²) in [6.45, 7) is 1.34. The number of nitrogens with two attached hydrogens (primary N) is 1. The second kappa shape index (κ2) is 6.30. The monoisotopic (exact) mass is 374 g/mol. The molecule has 7 nitrogen and oxygen atoms in total. The Hall–Kier alpha value is -2.58. The molecule has 3 aromatic rings.